The van der Waals surface area contributed by atoms with E-state index in [1.54, 1.807) is 0 Å². The Morgan fingerprint density at radius 3 is 2.84 bits per heavy atom. The van der Waals surface area contributed by atoms with E-state index in [-0.39, 0.29) is 0 Å². The van der Waals surface area contributed by atoms with Gasteiger partial charge in [0.05, 0.1) is 5.69 Å². The van der Waals surface area contributed by atoms with Crippen LogP contribution in [0, 0.1) is 12.8 Å². The number of hydrogen-bond donors (Lipinski definition) is 1. The molecule has 0 atom stereocenters. The van der Waals surface area contributed by atoms with Crippen molar-refractivity contribution in [3.8, 4) is 0 Å². The monoisotopic (exact) mass is 277 g/mol. The van der Waals surface area contributed by atoms with Crippen LogP contribution in [0.1, 0.15) is 25.1 Å². The molecule has 102 valence electrons. The number of imidazole rings is 1. The van der Waals surface area contributed by atoms with Gasteiger partial charge in [-0.3, -0.25) is 0 Å². The lowest BCUT2D eigenvalue weighted by Gasteiger charge is -2.11. The van der Waals surface area contributed by atoms with Crippen molar-refractivity contribution in [1.82, 2.24) is 9.55 Å². The van der Waals surface area contributed by atoms with E-state index in [0.717, 1.165) is 35.3 Å². The average Bonchev–Trinajstić information content (AvgIpc) is 2.66. The van der Waals surface area contributed by atoms with Crippen LogP contribution in [0.25, 0.3) is 0 Å². The van der Waals surface area contributed by atoms with Crippen LogP contribution in [-0.4, -0.2) is 9.55 Å². The standard InChI is InChI=1S/C15H20ClN3/c1-11(2)9-19-10-12(3)18-15(19)17-8-13-5-4-6-14(16)7-13/h4-7,10-11H,8-9H2,1-3H3,(H,17,18). The third kappa shape index (κ3) is 4.00. The van der Waals surface area contributed by atoms with Gasteiger partial charge in [-0.2, -0.15) is 0 Å². The highest BCUT2D eigenvalue weighted by molar-refractivity contribution is 6.30. The van der Waals surface area contributed by atoms with E-state index >= 15 is 0 Å². The molecule has 19 heavy (non-hydrogen) atoms. The van der Waals surface area contributed by atoms with Crippen molar-refractivity contribution >= 4 is 17.5 Å². The molecule has 0 aliphatic rings. The summed E-state index contributed by atoms with van der Waals surface area (Å²) in [5.41, 5.74) is 2.19. The van der Waals surface area contributed by atoms with E-state index in [2.05, 4.69) is 41.0 Å². The number of anilines is 1. The van der Waals surface area contributed by atoms with Crippen molar-refractivity contribution in [1.29, 1.82) is 0 Å². The molecule has 0 unspecified atom stereocenters. The lowest BCUT2D eigenvalue weighted by Crippen LogP contribution is -2.10. The molecule has 0 amide bonds. The van der Waals surface area contributed by atoms with E-state index in [1.165, 1.54) is 0 Å². The van der Waals surface area contributed by atoms with Gasteiger partial charge in [0.15, 0.2) is 0 Å². The molecule has 1 aromatic carbocycles. The van der Waals surface area contributed by atoms with Crippen LogP contribution < -0.4 is 5.32 Å². The fourth-order valence-corrected chi connectivity index (χ4v) is 2.26. The Morgan fingerprint density at radius 2 is 2.16 bits per heavy atom. The molecule has 0 aliphatic carbocycles. The summed E-state index contributed by atoms with van der Waals surface area (Å²) in [5.74, 6) is 1.52. The highest BCUT2D eigenvalue weighted by atomic mass is 35.5. The molecule has 0 fully saturated rings. The maximum Gasteiger partial charge on any atom is 0.203 e. The van der Waals surface area contributed by atoms with E-state index in [9.17, 15) is 0 Å². The Hall–Kier alpha value is -1.48. The molecule has 2 rings (SSSR count). The molecule has 4 heteroatoms. The van der Waals surface area contributed by atoms with Gasteiger partial charge in [0.1, 0.15) is 0 Å². The van der Waals surface area contributed by atoms with Gasteiger partial charge in [-0.1, -0.05) is 37.6 Å². The zero-order chi connectivity index (χ0) is 13.8. The van der Waals surface area contributed by atoms with Crippen LogP contribution >= 0.6 is 11.6 Å². The zero-order valence-corrected chi connectivity index (χ0v) is 12.4. The largest absolute Gasteiger partial charge is 0.352 e. The summed E-state index contributed by atoms with van der Waals surface area (Å²) in [5, 5.41) is 4.14. The van der Waals surface area contributed by atoms with Gasteiger partial charge in [0, 0.05) is 24.3 Å². The summed E-state index contributed by atoms with van der Waals surface area (Å²) >= 11 is 5.98. The predicted octanol–water partition coefficient (Wildman–Crippen LogP) is 4.11. The summed E-state index contributed by atoms with van der Waals surface area (Å²) in [6.07, 6.45) is 2.08. The lowest BCUT2D eigenvalue weighted by atomic mass is 10.2. The van der Waals surface area contributed by atoms with Crippen molar-refractivity contribution in [2.24, 2.45) is 5.92 Å². The number of aryl methyl sites for hydroxylation is 1. The summed E-state index contributed by atoms with van der Waals surface area (Å²) in [4.78, 5) is 4.52. The number of aromatic nitrogens is 2. The molecular weight excluding hydrogens is 258 g/mol. The topological polar surface area (TPSA) is 29.9 Å². The molecule has 1 N–H and O–H groups in total. The van der Waals surface area contributed by atoms with Crippen LogP contribution in [0.3, 0.4) is 0 Å². The first-order valence-electron chi connectivity index (χ1n) is 6.56. The number of halogens is 1. The first-order chi connectivity index (χ1) is 9.04. The summed E-state index contributed by atoms with van der Waals surface area (Å²) in [6.45, 7) is 8.13. The SMILES string of the molecule is Cc1cn(CC(C)C)c(NCc2cccc(Cl)c2)n1. The summed E-state index contributed by atoms with van der Waals surface area (Å²) < 4.78 is 2.17. The van der Waals surface area contributed by atoms with Gasteiger partial charge < -0.3 is 9.88 Å². The molecular formula is C15H20ClN3. The fraction of sp³-hybridized carbons (Fsp3) is 0.400. The Morgan fingerprint density at radius 1 is 1.37 bits per heavy atom. The minimum atomic E-state index is 0.598. The maximum absolute atomic E-state index is 5.98. The molecule has 1 heterocycles. The van der Waals surface area contributed by atoms with Crippen molar-refractivity contribution < 1.29 is 0 Å². The van der Waals surface area contributed by atoms with Gasteiger partial charge in [0.25, 0.3) is 0 Å². The highest BCUT2D eigenvalue weighted by Crippen LogP contribution is 2.15. The van der Waals surface area contributed by atoms with Crippen molar-refractivity contribution in [3.05, 3.63) is 46.7 Å². The van der Waals surface area contributed by atoms with Gasteiger partial charge in [-0.05, 0) is 30.5 Å². The van der Waals surface area contributed by atoms with E-state index in [0.29, 0.717) is 5.92 Å². The molecule has 0 spiro atoms. The maximum atomic E-state index is 5.98. The number of rotatable bonds is 5. The highest BCUT2D eigenvalue weighted by Gasteiger charge is 2.06. The van der Waals surface area contributed by atoms with E-state index in [4.69, 9.17) is 11.6 Å². The number of hydrogen-bond acceptors (Lipinski definition) is 2. The van der Waals surface area contributed by atoms with Crippen molar-refractivity contribution in [2.45, 2.75) is 33.9 Å². The minimum absolute atomic E-state index is 0.598. The summed E-state index contributed by atoms with van der Waals surface area (Å²) in [7, 11) is 0. The molecule has 3 nitrogen and oxygen atoms in total. The smallest absolute Gasteiger partial charge is 0.203 e. The van der Waals surface area contributed by atoms with Crippen LogP contribution in [0.5, 0.6) is 0 Å². The van der Waals surface area contributed by atoms with Crippen LogP contribution in [0.2, 0.25) is 5.02 Å². The third-order valence-corrected chi connectivity index (χ3v) is 3.03. The van der Waals surface area contributed by atoms with Gasteiger partial charge >= 0.3 is 0 Å². The van der Waals surface area contributed by atoms with Crippen LogP contribution in [-0.2, 0) is 13.1 Å². The second-order valence-electron chi connectivity index (χ2n) is 5.24. The Balaban J connectivity index is 2.06. The zero-order valence-electron chi connectivity index (χ0n) is 11.7. The van der Waals surface area contributed by atoms with Crippen molar-refractivity contribution in [3.63, 3.8) is 0 Å². The molecule has 0 aliphatic heterocycles. The first kappa shape index (κ1) is 13.9. The number of benzene rings is 1. The molecule has 2 aromatic rings. The fourth-order valence-electron chi connectivity index (χ4n) is 2.05. The van der Waals surface area contributed by atoms with Crippen LogP contribution in [0.4, 0.5) is 5.95 Å². The van der Waals surface area contributed by atoms with Gasteiger partial charge in [-0.15, -0.1) is 0 Å². The second kappa shape index (κ2) is 6.11. The number of nitrogens with zero attached hydrogens (tertiary/aromatic N) is 2. The van der Waals surface area contributed by atoms with Crippen LogP contribution in [0.15, 0.2) is 30.5 Å². The third-order valence-electron chi connectivity index (χ3n) is 2.80. The Labute approximate surface area is 119 Å². The molecule has 1 aromatic heterocycles. The van der Waals surface area contributed by atoms with Gasteiger partial charge in [-0.25, -0.2) is 4.98 Å². The van der Waals surface area contributed by atoms with E-state index < -0.39 is 0 Å². The summed E-state index contributed by atoms with van der Waals surface area (Å²) in [6, 6.07) is 7.87. The molecule has 0 saturated heterocycles. The van der Waals surface area contributed by atoms with E-state index in [1.807, 2.05) is 25.1 Å². The lowest BCUT2D eigenvalue weighted by molar-refractivity contribution is 0.526. The second-order valence-corrected chi connectivity index (χ2v) is 5.67. The quantitative estimate of drug-likeness (QED) is 0.891. The molecule has 0 bridgehead atoms. The Kier molecular flexibility index (Phi) is 4.48. The molecule has 0 saturated carbocycles. The number of nitrogens with one attached hydrogen (secondary N) is 1. The normalized spacial score (nSPS) is 11.0. The van der Waals surface area contributed by atoms with Gasteiger partial charge in [0.2, 0.25) is 5.95 Å². The minimum Gasteiger partial charge on any atom is -0.352 e. The van der Waals surface area contributed by atoms with Crippen molar-refractivity contribution in [2.75, 3.05) is 5.32 Å². The molecule has 0 radical (unpaired) electrons. The predicted molar refractivity (Wildman–Crippen MR) is 80.6 cm³/mol. The Bertz CT molecular complexity index is 546. The average molecular weight is 278 g/mol. The first-order valence-corrected chi connectivity index (χ1v) is 6.94.